The third-order valence-electron chi connectivity index (χ3n) is 2.41. The molecule has 0 saturated heterocycles. The lowest BCUT2D eigenvalue weighted by atomic mass is 10.4. The molecule has 7 nitrogen and oxygen atoms in total. The van der Waals surface area contributed by atoms with E-state index in [1.165, 1.54) is 10.8 Å². The van der Waals surface area contributed by atoms with Crippen molar-refractivity contribution < 1.29 is 8.42 Å². The van der Waals surface area contributed by atoms with Gasteiger partial charge in [-0.3, -0.25) is 13.9 Å². The van der Waals surface area contributed by atoms with Crippen LogP contribution in [0.4, 0.5) is 5.69 Å². The van der Waals surface area contributed by atoms with Gasteiger partial charge in [-0.2, -0.15) is 0 Å². The van der Waals surface area contributed by atoms with Crippen molar-refractivity contribution in [2.45, 2.75) is 26.4 Å². The SMILES string of the molecule is CCCn1cc(N)c(=O)n(CCS(C)(=O)=O)c1=O. The van der Waals surface area contributed by atoms with Gasteiger partial charge in [0.05, 0.1) is 5.75 Å². The molecule has 0 saturated carbocycles. The summed E-state index contributed by atoms with van der Waals surface area (Å²) in [6, 6.07) is 0. The zero-order valence-electron chi connectivity index (χ0n) is 10.4. The molecule has 1 rings (SSSR count). The van der Waals surface area contributed by atoms with Crippen LogP contribution >= 0.6 is 0 Å². The van der Waals surface area contributed by atoms with Crippen molar-refractivity contribution in [3.8, 4) is 0 Å². The van der Waals surface area contributed by atoms with Crippen molar-refractivity contribution >= 4 is 15.5 Å². The summed E-state index contributed by atoms with van der Waals surface area (Å²) in [4.78, 5) is 23.6. The second-order valence-electron chi connectivity index (χ2n) is 4.15. The van der Waals surface area contributed by atoms with E-state index < -0.39 is 21.1 Å². The van der Waals surface area contributed by atoms with E-state index in [0.29, 0.717) is 13.0 Å². The largest absolute Gasteiger partial charge is 0.393 e. The standard InChI is InChI=1S/C10H17N3O4S/c1-3-4-12-7-8(11)9(14)13(10(12)15)5-6-18(2,16)17/h7H,3-6,11H2,1-2H3. The molecule has 0 radical (unpaired) electrons. The molecule has 1 heterocycles. The lowest BCUT2D eigenvalue weighted by Crippen LogP contribution is -2.41. The van der Waals surface area contributed by atoms with Crippen molar-refractivity contribution in [2.24, 2.45) is 0 Å². The minimum Gasteiger partial charge on any atom is -0.393 e. The van der Waals surface area contributed by atoms with Crippen molar-refractivity contribution in [3.05, 3.63) is 27.0 Å². The van der Waals surface area contributed by atoms with Crippen molar-refractivity contribution in [2.75, 3.05) is 17.7 Å². The number of nitrogen functional groups attached to an aromatic ring is 1. The molecule has 1 aromatic rings. The first-order chi connectivity index (χ1) is 8.26. The normalized spacial score (nSPS) is 11.7. The fraction of sp³-hybridized carbons (Fsp3) is 0.600. The molecule has 18 heavy (non-hydrogen) atoms. The molecule has 1 aromatic heterocycles. The van der Waals surface area contributed by atoms with Crippen LogP contribution in [0.3, 0.4) is 0 Å². The Balaban J connectivity index is 3.25. The molecule has 0 aliphatic rings. The number of anilines is 1. The van der Waals surface area contributed by atoms with E-state index in [2.05, 4.69) is 0 Å². The van der Waals surface area contributed by atoms with E-state index in [-0.39, 0.29) is 18.0 Å². The second-order valence-corrected chi connectivity index (χ2v) is 6.41. The van der Waals surface area contributed by atoms with Crippen LogP contribution in [-0.4, -0.2) is 29.6 Å². The molecular weight excluding hydrogens is 258 g/mol. The van der Waals surface area contributed by atoms with Gasteiger partial charge in [-0.25, -0.2) is 13.2 Å². The molecule has 0 fully saturated rings. The minimum atomic E-state index is -3.24. The number of aryl methyl sites for hydroxylation is 1. The van der Waals surface area contributed by atoms with Crippen LogP contribution in [0.5, 0.6) is 0 Å². The number of sulfone groups is 1. The third kappa shape index (κ3) is 3.46. The summed E-state index contributed by atoms with van der Waals surface area (Å²) < 4.78 is 24.3. The quantitative estimate of drug-likeness (QED) is 0.745. The fourth-order valence-corrected chi connectivity index (χ4v) is 2.05. The van der Waals surface area contributed by atoms with E-state index in [4.69, 9.17) is 5.73 Å². The Labute approximate surface area is 105 Å². The van der Waals surface area contributed by atoms with Gasteiger partial charge in [0.1, 0.15) is 15.5 Å². The number of aromatic nitrogens is 2. The highest BCUT2D eigenvalue weighted by Gasteiger charge is 2.11. The van der Waals surface area contributed by atoms with Gasteiger partial charge in [0, 0.05) is 25.5 Å². The van der Waals surface area contributed by atoms with Gasteiger partial charge in [-0.1, -0.05) is 6.92 Å². The Morgan fingerprint density at radius 2 is 1.89 bits per heavy atom. The molecule has 0 aromatic carbocycles. The number of rotatable bonds is 5. The zero-order chi connectivity index (χ0) is 13.9. The number of nitrogens with zero attached hydrogens (tertiary/aromatic N) is 2. The van der Waals surface area contributed by atoms with E-state index in [0.717, 1.165) is 10.8 Å². The molecule has 2 N–H and O–H groups in total. The van der Waals surface area contributed by atoms with Gasteiger partial charge in [-0.05, 0) is 6.42 Å². The van der Waals surface area contributed by atoms with Crippen LogP contribution in [0.25, 0.3) is 0 Å². The highest BCUT2D eigenvalue weighted by molar-refractivity contribution is 7.90. The predicted octanol–water partition coefficient (Wildman–Crippen LogP) is -0.953. The highest BCUT2D eigenvalue weighted by Crippen LogP contribution is 1.93. The van der Waals surface area contributed by atoms with Crippen LogP contribution in [0.2, 0.25) is 0 Å². The van der Waals surface area contributed by atoms with Gasteiger partial charge in [-0.15, -0.1) is 0 Å². The maximum absolute atomic E-state index is 11.9. The third-order valence-corrected chi connectivity index (χ3v) is 3.34. The topological polar surface area (TPSA) is 104 Å². The molecule has 102 valence electrons. The second kappa shape index (κ2) is 5.38. The Morgan fingerprint density at radius 1 is 1.28 bits per heavy atom. The van der Waals surface area contributed by atoms with Gasteiger partial charge >= 0.3 is 5.69 Å². The smallest absolute Gasteiger partial charge is 0.331 e. The molecule has 0 unspecified atom stereocenters. The number of nitrogens with two attached hydrogens (primary N) is 1. The van der Waals surface area contributed by atoms with Crippen LogP contribution in [0, 0.1) is 0 Å². The first-order valence-electron chi connectivity index (χ1n) is 5.53. The van der Waals surface area contributed by atoms with Gasteiger partial charge in [0.15, 0.2) is 0 Å². The maximum Gasteiger partial charge on any atom is 0.331 e. The first kappa shape index (κ1) is 14.5. The van der Waals surface area contributed by atoms with Crippen LogP contribution in [0.1, 0.15) is 13.3 Å². The van der Waals surface area contributed by atoms with Crippen molar-refractivity contribution in [3.63, 3.8) is 0 Å². The summed E-state index contributed by atoms with van der Waals surface area (Å²) in [5, 5.41) is 0. The Kier molecular flexibility index (Phi) is 4.33. The van der Waals surface area contributed by atoms with E-state index in [9.17, 15) is 18.0 Å². The summed E-state index contributed by atoms with van der Waals surface area (Å²) in [6.07, 6.45) is 3.06. The summed E-state index contributed by atoms with van der Waals surface area (Å²) in [5.74, 6) is -0.266. The predicted molar refractivity (Wildman–Crippen MR) is 69.4 cm³/mol. The summed E-state index contributed by atoms with van der Waals surface area (Å²) in [6.45, 7) is 2.14. The lowest BCUT2D eigenvalue weighted by molar-refractivity contribution is 0.555. The molecule has 0 atom stereocenters. The average Bonchev–Trinajstić information content (AvgIpc) is 2.24. The fourth-order valence-electron chi connectivity index (χ4n) is 1.53. The van der Waals surface area contributed by atoms with E-state index in [1.54, 1.807) is 0 Å². The van der Waals surface area contributed by atoms with Crippen molar-refractivity contribution in [1.82, 2.24) is 9.13 Å². The lowest BCUT2D eigenvalue weighted by Gasteiger charge is -2.10. The summed E-state index contributed by atoms with van der Waals surface area (Å²) >= 11 is 0. The maximum atomic E-state index is 11.9. The zero-order valence-corrected chi connectivity index (χ0v) is 11.2. The Bertz CT molecular complexity index is 642. The van der Waals surface area contributed by atoms with E-state index in [1.807, 2.05) is 6.92 Å². The Hall–Kier alpha value is -1.57. The van der Waals surface area contributed by atoms with E-state index >= 15 is 0 Å². The minimum absolute atomic E-state index is 0.0587. The van der Waals surface area contributed by atoms with Crippen LogP contribution in [0.15, 0.2) is 15.8 Å². The molecular formula is C10H17N3O4S. The number of hydrogen-bond donors (Lipinski definition) is 1. The first-order valence-corrected chi connectivity index (χ1v) is 7.59. The van der Waals surface area contributed by atoms with Gasteiger partial charge in [0.2, 0.25) is 0 Å². The molecule has 0 aliphatic carbocycles. The average molecular weight is 275 g/mol. The summed E-state index contributed by atoms with van der Waals surface area (Å²) in [7, 11) is -3.24. The number of hydrogen-bond acceptors (Lipinski definition) is 5. The molecule has 0 aliphatic heterocycles. The van der Waals surface area contributed by atoms with Gasteiger partial charge in [0.25, 0.3) is 5.56 Å². The van der Waals surface area contributed by atoms with Crippen LogP contribution in [-0.2, 0) is 22.9 Å². The molecule has 0 amide bonds. The Morgan fingerprint density at radius 3 is 2.39 bits per heavy atom. The van der Waals surface area contributed by atoms with Crippen LogP contribution < -0.4 is 17.0 Å². The van der Waals surface area contributed by atoms with Gasteiger partial charge < -0.3 is 5.73 Å². The molecule has 0 spiro atoms. The molecule has 8 heteroatoms. The monoisotopic (exact) mass is 275 g/mol. The highest BCUT2D eigenvalue weighted by atomic mass is 32.2. The summed E-state index contributed by atoms with van der Waals surface area (Å²) in [5.41, 5.74) is 4.29. The molecule has 0 bridgehead atoms. The van der Waals surface area contributed by atoms with Crippen molar-refractivity contribution in [1.29, 1.82) is 0 Å².